The first-order valence-electron chi connectivity index (χ1n) is 8.28. The Morgan fingerprint density at radius 2 is 2.04 bits per heavy atom. The van der Waals surface area contributed by atoms with Crippen molar-refractivity contribution in [2.24, 2.45) is 5.92 Å². The molecule has 7 heteroatoms. The molecule has 130 valence electrons. The van der Waals surface area contributed by atoms with Gasteiger partial charge >= 0.3 is 0 Å². The second kappa shape index (κ2) is 7.38. The highest BCUT2D eigenvalue weighted by molar-refractivity contribution is 5.89. The van der Waals surface area contributed by atoms with Crippen LogP contribution in [0, 0.1) is 19.8 Å². The molecule has 1 N–H and O–H groups in total. The average Bonchev–Trinajstić information content (AvgIpc) is 2.94. The first kappa shape index (κ1) is 17.0. The second-order valence-electron chi connectivity index (χ2n) is 6.28. The zero-order valence-corrected chi connectivity index (χ0v) is 14.4. The average molecular weight is 339 g/mol. The van der Waals surface area contributed by atoms with E-state index in [1.54, 1.807) is 11.1 Å². The predicted molar refractivity (Wildman–Crippen MR) is 91.1 cm³/mol. The van der Waals surface area contributed by atoms with Crippen molar-refractivity contribution in [3.8, 4) is 0 Å². The summed E-state index contributed by atoms with van der Waals surface area (Å²) in [6.45, 7) is 4.90. The Morgan fingerprint density at radius 1 is 1.28 bits per heavy atom. The third-order valence-corrected chi connectivity index (χ3v) is 4.11. The number of rotatable bonds is 5. The minimum absolute atomic E-state index is 0.0200. The molecule has 1 aliphatic rings. The zero-order valence-electron chi connectivity index (χ0n) is 14.4. The summed E-state index contributed by atoms with van der Waals surface area (Å²) in [5, 5.41) is 2.84. The third-order valence-electron chi connectivity index (χ3n) is 4.11. The van der Waals surface area contributed by atoms with Gasteiger partial charge in [0.1, 0.15) is 5.82 Å². The third kappa shape index (κ3) is 4.37. The molecule has 1 aliphatic heterocycles. The van der Waals surface area contributed by atoms with Crippen LogP contribution in [0.5, 0.6) is 0 Å². The van der Waals surface area contributed by atoms with Crippen molar-refractivity contribution in [3.05, 3.63) is 53.4 Å². The molecule has 3 heterocycles. The number of pyridine rings is 1. The minimum Gasteiger partial charge on any atom is -0.348 e. The van der Waals surface area contributed by atoms with E-state index in [1.165, 1.54) is 0 Å². The van der Waals surface area contributed by atoms with Crippen LogP contribution < -0.4 is 5.32 Å². The van der Waals surface area contributed by atoms with Crippen LogP contribution in [-0.4, -0.2) is 38.2 Å². The fourth-order valence-corrected chi connectivity index (χ4v) is 2.98. The first-order chi connectivity index (χ1) is 12.0. The number of hydrogen-bond acceptors (Lipinski definition) is 5. The summed E-state index contributed by atoms with van der Waals surface area (Å²) in [4.78, 5) is 39.0. The Hall–Kier alpha value is -2.83. The molecule has 0 bridgehead atoms. The molecule has 0 aliphatic carbocycles. The standard InChI is InChI=1S/C18H21N5O2/c1-12-7-13(2)22-16(21-12)9-20-18(25)14-8-17(24)23(10-14)11-15-5-3-4-6-19-15/h3-7,14H,8-11H2,1-2H3,(H,20,25)/t14-/m0/s1. The van der Waals surface area contributed by atoms with Gasteiger partial charge in [-0.1, -0.05) is 6.07 Å². The zero-order chi connectivity index (χ0) is 17.8. The minimum atomic E-state index is -0.345. The highest BCUT2D eigenvalue weighted by Gasteiger charge is 2.34. The number of amides is 2. The van der Waals surface area contributed by atoms with E-state index in [2.05, 4.69) is 20.3 Å². The molecule has 2 amide bonds. The van der Waals surface area contributed by atoms with E-state index in [0.717, 1.165) is 17.1 Å². The Balaban J connectivity index is 1.55. The molecule has 25 heavy (non-hydrogen) atoms. The van der Waals surface area contributed by atoms with Gasteiger partial charge in [-0.05, 0) is 32.0 Å². The molecule has 0 saturated carbocycles. The lowest BCUT2D eigenvalue weighted by molar-refractivity contribution is -0.129. The van der Waals surface area contributed by atoms with Gasteiger partial charge in [0.15, 0.2) is 0 Å². The molecule has 3 rings (SSSR count). The van der Waals surface area contributed by atoms with E-state index in [9.17, 15) is 9.59 Å². The molecule has 0 unspecified atom stereocenters. The lowest BCUT2D eigenvalue weighted by Crippen LogP contribution is -2.33. The van der Waals surface area contributed by atoms with Crippen molar-refractivity contribution in [3.63, 3.8) is 0 Å². The van der Waals surface area contributed by atoms with Crippen molar-refractivity contribution >= 4 is 11.8 Å². The molecule has 1 saturated heterocycles. The molecule has 2 aromatic heterocycles. The van der Waals surface area contributed by atoms with E-state index in [-0.39, 0.29) is 30.7 Å². The van der Waals surface area contributed by atoms with E-state index in [1.807, 2.05) is 38.1 Å². The van der Waals surface area contributed by atoms with E-state index in [0.29, 0.717) is 18.9 Å². The number of hydrogen-bond donors (Lipinski definition) is 1. The normalized spacial score (nSPS) is 17.0. The summed E-state index contributed by atoms with van der Waals surface area (Å²) in [7, 11) is 0. The lowest BCUT2D eigenvalue weighted by Gasteiger charge is -2.16. The van der Waals surface area contributed by atoms with Crippen LogP contribution in [0.25, 0.3) is 0 Å². The summed E-state index contributed by atoms with van der Waals surface area (Å²) >= 11 is 0. The maximum atomic E-state index is 12.4. The molecular weight excluding hydrogens is 318 g/mol. The lowest BCUT2D eigenvalue weighted by atomic mass is 10.1. The Kier molecular flexibility index (Phi) is 5.02. The molecule has 7 nitrogen and oxygen atoms in total. The van der Waals surface area contributed by atoms with Crippen LogP contribution in [0.1, 0.15) is 29.3 Å². The molecule has 1 atom stereocenters. The van der Waals surface area contributed by atoms with Gasteiger partial charge in [-0.2, -0.15) is 0 Å². The number of nitrogens with one attached hydrogen (secondary N) is 1. The SMILES string of the molecule is Cc1cc(C)nc(CNC(=O)[C@H]2CC(=O)N(Cc3ccccn3)C2)n1. The number of carbonyl (C=O) groups excluding carboxylic acids is 2. The molecule has 0 aromatic carbocycles. The molecule has 0 spiro atoms. The Morgan fingerprint density at radius 3 is 2.72 bits per heavy atom. The van der Waals surface area contributed by atoms with Gasteiger partial charge in [-0.3, -0.25) is 14.6 Å². The maximum absolute atomic E-state index is 12.4. The Bertz CT molecular complexity index is 758. The van der Waals surface area contributed by atoms with Gasteiger partial charge in [0.25, 0.3) is 0 Å². The monoisotopic (exact) mass is 339 g/mol. The van der Waals surface area contributed by atoms with E-state index >= 15 is 0 Å². The van der Waals surface area contributed by atoms with Gasteiger partial charge in [0.05, 0.1) is 24.7 Å². The smallest absolute Gasteiger partial charge is 0.225 e. The van der Waals surface area contributed by atoms with Crippen LogP contribution in [0.2, 0.25) is 0 Å². The maximum Gasteiger partial charge on any atom is 0.225 e. The largest absolute Gasteiger partial charge is 0.348 e. The van der Waals surface area contributed by atoms with Crippen LogP contribution in [-0.2, 0) is 22.7 Å². The summed E-state index contributed by atoms with van der Waals surface area (Å²) in [6.07, 6.45) is 1.93. The topological polar surface area (TPSA) is 88.1 Å². The fourth-order valence-electron chi connectivity index (χ4n) is 2.98. The second-order valence-corrected chi connectivity index (χ2v) is 6.28. The van der Waals surface area contributed by atoms with E-state index < -0.39 is 0 Å². The van der Waals surface area contributed by atoms with Gasteiger partial charge in [0, 0.05) is 30.6 Å². The van der Waals surface area contributed by atoms with Gasteiger partial charge in [-0.25, -0.2) is 9.97 Å². The fraction of sp³-hybridized carbons (Fsp3) is 0.389. The number of aryl methyl sites for hydroxylation is 2. The van der Waals surface area contributed by atoms with Crippen molar-refractivity contribution in [1.29, 1.82) is 0 Å². The predicted octanol–water partition coefficient (Wildman–Crippen LogP) is 1.15. The Labute approximate surface area is 146 Å². The van der Waals surface area contributed by atoms with Crippen LogP contribution in [0.3, 0.4) is 0 Å². The summed E-state index contributed by atoms with van der Waals surface area (Å²) in [6, 6.07) is 7.48. The summed E-state index contributed by atoms with van der Waals surface area (Å²) in [5.74, 6) is 0.0794. The van der Waals surface area contributed by atoms with E-state index in [4.69, 9.17) is 0 Å². The highest BCUT2D eigenvalue weighted by atomic mass is 16.2. The van der Waals surface area contributed by atoms with Crippen molar-refractivity contribution in [2.75, 3.05) is 6.54 Å². The molecular formula is C18H21N5O2. The molecule has 1 fully saturated rings. The van der Waals surface area contributed by atoms with Gasteiger partial charge in [0.2, 0.25) is 11.8 Å². The van der Waals surface area contributed by atoms with Crippen LogP contribution in [0.15, 0.2) is 30.5 Å². The van der Waals surface area contributed by atoms with Crippen LogP contribution >= 0.6 is 0 Å². The number of nitrogens with zero attached hydrogens (tertiary/aromatic N) is 4. The highest BCUT2D eigenvalue weighted by Crippen LogP contribution is 2.20. The molecule has 0 radical (unpaired) electrons. The summed E-state index contributed by atoms with van der Waals surface area (Å²) < 4.78 is 0. The van der Waals surface area contributed by atoms with Crippen LogP contribution in [0.4, 0.5) is 0 Å². The van der Waals surface area contributed by atoms with Gasteiger partial charge in [-0.15, -0.1) is 0 Å². The summed E-state index contributed by atoms with van der Waals surface area (Å²) in [5.41, 5.74) is 2.56. The number of likely N-dealkylation sites (tertiary alicyclic amines) is 1. The van der Waals surface area contributed by atoms with Crippen molar-refractivity contribution < 1.29 is 9.59 Å². The van der Waals surface area contributed by atoms with Gasteiger partial charge < -0.3 is 10.2 Å². The number of aromatic nitrogens is 3. The first-order valence-corrected chi connectivity index (χ1v) is 8.28. The quantitative estimate of drug-likeness (QED) is 0.883. The van der Waals surface area contributed by atoms with Crippen molar-refractivity contribution in [1.82, 2.24) is 25.2 Å². The molecule has 2 aromatic rings. The van der Waals surface area contributed by atoms with Crippen molar-refractivity contribution in [2.45, 2.75) is 33.4 Å². The number of carbonyl (C=O) groups is 2.